The van der Waals surface area contributed by atoms with Crippen molar-refractivity contribution in [1.29, 1.82) is 0 Å². The minimum Gasteiger partial charge on any atom is -0.373 e. The molecule has 1 aromatic carbocycles. The molecule has 0 radical (unpaired) electrons. The quantitative estimate of drug-likeness (QED) is 0.863. The lowest BCUT2D eigenvalue weighted by molar-refractivity contribution is -0.121. The molecule has 3 rings (SSSR count). The summed E-state index contributed by atoms with van der Waals surface area (Å²) in [5, 5.41) is 10.3. The average Bonchev–Trinajstić information content (AvgIpc) is 3.01. The van der Waals surface area contributed by atoms with Gasteiger partial charge in [-0.2, -0.15) is 5.10 Å². The van der Waals surface area contributed by atoms with E-state index in [4.69, 9.17) is 0 Å². The Morgan fingerprint density at radius 1 is 1.53 bits per heavy atom. The van der Waals surface area contributed by atoms with E-state index in [-0.39, 0.29) is 11.9 Å². The summed E-state index contributed by atoms with van der Waals surface area (Å²) >= 11 is 0. The molecule has 0 aliphatic carbocycles. The molecule has 0 bridgehead atoms. The summed E-state index contributed by atoms with van der Waals surface area (Å²) in [5.74, 6) is 0.0278. The van der Waals surface area contributed by atoms with E-state index in [0.717, 1.165) is 17.7 Å². The number of amides is 1. The standard InChI is InChI=1S/C14H16N4O/c1-18-9-10(8-16-18)7-15-14(19)13-6-11-4-2-3-5-12(11)17-13/h2-5,8-9,13,17H,6-7H2,1H3,(H,15,19)/t13-/m0/s1. The highest BCUT2D eigenvalue weighted by Crippen LogP contribution is 2.25. The van der Waals surface area contributed by atoms with Crippen LogP contribution in [-0.2, 0) is 24.8 Å². The van der Waals surface area contributed by atoms with Crippen molar-refractivity contribution in [3.05, 3.63) is 47.8 Å². The fraction of sp³-hybridized carbons (Fsp3) is 0.286. The highest BCUT2D eigenvalue weighted by atomic mass is 16.2. The van der Waals surface area contributed by atoms with Gasteiger partial charge >= 0.3 is 0 Å². The number of aromatic nitrogens is 2. The monoisotopic (exact) mass is 256 g/mol. The van der Waals surface area contributed by atoms with Crippen molar-refractivity contribution >= 4 is 11.6 Å². The molecular formula is C14H16N4O. The Morgan fingerprint density at radius 3 is 3.11 bits per heavy atom. The first-order chi connectivity index (χ1) is 9.22. The van der Waals surface area contributed by atoms with Crippen LogP contribution in [0.4, 0.5) is 5.69 Å². The Hall–Kier alpha value is -2.30. The lowest BCUT2D eigenvalue weighted by Gasteiger charge is -2.11. The summed E-state index contributed by atoms with van der Waals surface area (Å²) in [4.78, 5) is 12.1. The van der Waals surface area contributed by atoms with E-state index < -0.39 is 0 Å². The van der Waals surface area contributed by atoms with Crippen molar-refractivity contribution in [2.45, 2.75) is 19.0 Å². The van der Waals surface area contributed by atoms with Gasteiger partial charge in [0.2, 0.25) is 5.91 Å². The van der Waals surface area contributed by atoms with Gasteiger partial charge in [-0.05, 0) is 11.6 Å². The predicted octanol–water partition coefficient (Wildman–Crippen LogP) is 1.07. The number of rotatable bonds is 3. The maximum atomic E-state index is 12.1. The van der Waals surface area contributed by atoms with Crippen LogP contribution in [0.25, 0.3) is 0 Å². The minimum atomic E-state index is -0.172. The average molecular weight is 256 g/mol. The van der Waals surface area contributed by atoms with Crippen molar-refractivity contribution in [3.8, 4) is 0 Å². The number of aryl methyl sites for hydroxylation is 1. The Balaban J connectivity index is 1.58. The first-order valence-corrected chi connectivity index (χ1v) is 6.32. The van der Waals surface area contributed by atoms with Gasteiger partial charge in [-0.3, -0.25) is 9.48 Å². The van der Waals surface area contributed by atoms with Crippen LogP contribution in [0.1, 0.15) is 11.1 Å². The van der Waals surface area contributed by atoms with Gasteiger partial charge in [0.15, 0.2) is 0 Å². The second-order valence-electron chi connectivity index (χ2n) is 4.80. The van der Waals surface area contributed by atoms with Gasteiger partial charge < -0.3 is 10.6 Å². The van der Waals surface area contributed by atoms with E-state index >= 15 is 0 Å². The molecule has 1 aliphatic heterocycles. The van der Waals surface area contributed by atoms with Crippen molar-refractivity contribution < 1.29 is 4.79 Å². The predicted molar refractivity (Wildman–Crippen MR) is 72.6 cm³/mol. The molecule has 5 heteroatoms. The zero-order chi connectivity index (χ0) is 13.2. The number of fused-ring (bicyclic) bond motifs is 1. The van der Waals surface area contributed by atoms with Crippen LogP contribution in [0.3, 0.4) is 0 Å². The number of anilines is 1. The molecule has 2 aromatic rings. The number of nitrogens with zero attached hydrogens (tertiary/aromatic N) is 2. The van der Waals surface area contributed by atoms with Gasteiger partial charge in [-0.1, -0.05) is 18.2 Å². The third-order valence-corrected chi connectivity index (χ3v) is 3.31. The minimum absolute atomic E-state index is 0.0278. The fourth-order valence-electron chi connectivity index (χ4n) is 2.33. The number of carbonyl (C=O) groups is 1. The highest BCUT2D eigenvalue weighted by Gasteiger charge is 2.25. The first kappa shape index (κ1) is 11.8. The normalized spacial score (nSPS) is 16.8. The van der Waals surface area contributed by atoms with Crippen LogP contribution >= 0.6 is 0 Å². The summed E-state index contributed by atoms with van der Waals surface area (Å²) in [7, 11) is 1.86. The smallest absolute Gasteiger partial charge is 0.243 e. The summed E-state index contributed by atoms with van der Waals surface area (Å²) in [6.45, 7) is 0.515. The second kappa shape index (κ2) is 4.76. The van der Waals surface area contributed by atoms with E-state index in [9.17, 15) is 4.79 Å². The highest BCUT2D eigenvalue weighted by molar-refractivity contribution is 5.87. The molecular weight excluding hydrogens is 240 g/mol. The molecule has 1 amide bonds. The summed E-state index contributed by atoms with van der Waals surface area (Å²) in [6, 6.07) is 7.85. The second-order valence-corrected chi connectivity index (χ2v) is 4.80. The molecule has 1 aliphatic rings. The Morgan fingerprint density at radius 2 is 2.37 bits per heavy atom. The first-order valence-electron chi connectivity index (χ1n) is 6.32. The third-order valence-electron chi connectivity index (χ3n) is 3.31. The SMILES string of the molecule is Cn1cc(CNC(=O)[C@@H]2Cc3ccccc3N2)cn1. The largest absolute Gasteiger partial charge is 0.373 e. The molecule has 2 N–H and O–H groups in total. The molecule has 98 valence electrons. The van der Waals surface area contributed by atoms with Crippen LogP contribution in [-0.4, -0.2) is 21.7 Å². The number of carbonyl (C=O) groups excluding carboxylic acids is 1. The Bertz CT molecular complexity index is 580. The molecule has 0 saturated carbocycles. The lowest BCUT2D eigenvalue weighted by Crippen LogP contribution is -2.37. The summed E-state index contributed by atoms with van der Waals surface area (Å²) in [6.07, 6.45) is 4.41. The molecule has 0 unspecified atom stereocenters. The lowest BCUT2D eigenvalue weighted by atomic mass is 10.1. The molecule has 2 heterocycles. The van der Waals surface area contributed by atoms with E-state index in [2.05, 4.69) is 21.8 Å². The summed E-state index contributed by atoms with van der Waals surface area (Å²) in [5.41, 5.74) is 3.26. The molecule has 1 atom stereocenters. The van der Waals surface area contributed by atoms with Crippen molar-refractivity contribution in [3.63, 3.8) is 0 Å². The van der Waals surface area contributed by atoms with E-state index in [1.54, 1.807) is 10.9 Å². The van der Waals surface area contributed by atoms with Gasteiger partial charge in [-0.25, -0.2) is 0 Å². The molecule has 0 saturated heterocycles. The van der Waals surface area contributed by atoms with Gasteiger partial charge in [-0.15, -0.1) is 0 Å². The third kappa shape index (κ3) is 2.45. The number of nitrogens with one attached hydrogen (secondary N) is 2. The van der Waals surface area contributed by atoms with Gasteiger partial charge in [0.05, 0.1) is 6.20 Å². The maximum absolute atomic E-state index is 12.1. The van der Waals surface area contributed by atoms with Gasteiger partial charge in [0.1, 0.15) is 6.04 Å². The fourth-order valence-corrected chi connectivity index (χ4v) is 2.33. The van der Waals surface area contributed by atoms with Crippen molar-refractivity contribution in [2.24, 2.45) is 7.05 Å². The molecule has 0 fully saturated rings. The van der Waals surface area contributed by atoms with Gasteiger partial charge in [0.25, 0.3) is 0 Å². The molecule has 0 spiro atoms. The van der Waals surface area contributed by atoms with Crippen LogP contribution < -0.4 is 10.6 Å². The topological polar surface area (TPSA) is 59.0 Å². The summed E-state index contributed by atoms with van der Waals surface area (Å²) < 4.78 is 1.73. The molecule has 1 aromatic heterocycles. The van der Waals surface area contributed by atoms with Crippen LogP contribution in [0.5, 0.6) is 0 Å². The maximum Gasteiger partial charge on any atom is 0.243 e. The zero-order valence-electron chi connectivity index (χ0n) is 10.8. The van der Waals surface area contributed by atoms with Crippen molar-refractivity contribution in [2.75, 3.05) is 5.32 Å². The Kier molecular flexibility index (Phi) is 2.95. The van der Waals surface area contributed by atoms with Crippen LogP contribution in [0.2, 0.25) is 0 Å². The number of para-hydroxylation sites is 1. The Labute approximate surface area is 111 Å². The van der Waals surface area contributed by atoms with Gasteiger partial charge in [0, 0.05) is 37.5 Å². The number of hydrogen-bond acceptors (Lipinski definition) is 3. The van der Waals surface area contributed by atoms with Crippen LogP contribution in [0.15, 0.2) is 36.7 Å². The van der Waals surface area contributed by atoms with Crippen molar-refractivity contribution in [1.82, 2.24) is 15.1 Å². The molecule has 19 heavy (non-hydrogen) atoms. The van der Waals surface area contributed by atoms with E-state index in [1.807, 2.05) is 31.4 Å². The number of benzene rings is 1. The molecule has 5 nitrogen and oxygen atoms in total. The zero-order valence-corrected chi connectivity index (χ0v) is 10.8. The number of hydrogen-bond donors (Lipinski definition) is 2. The van der Waals surface area contributed by atoms with E-state index in [1.165, 1.54) is 5.56 Å². The van der Waals surface area contributed by atoms with Crippen LogP contribution in [0, 0.1) is 0 Å². The van der Waals surface area contributed by atoms with E-state index in [0.29, 0.717) is 6.54 Å².